The third-order valence-corrected chi connectivity index (χ3v) is 5.15. The first-order valence-corrected chi connectivity index (χ1v) is 8.25. The van der Waals surface area contributed by atoms with E-state index in [1.54, 1.807) is 16.9 Å². The number of carbonyl (C=O) groups excluding carboxylic acids is 1. The minimum atomic E-state index is -0.0807. The van der Waals surface area contributed by atoms with E-state index in [0.717, 1.165) is 50.1 Å². The maximum Gasteiger partial charge on any atom is 0.237 e. The smallest absolute Gasteiger partial charge is 0.237 e. The molecule has 2 aromatic rings. The van der Waals surface area contributed by atoms with Gasteiger partial charge in [-0.1, -0.05) is 0 Å². The lowest BCUT2D eigenvalue weighted by molar-refractivity contribution is -0.123. The summed E-state index contributed by atoms with van der Waals surface area (Å²) in [6, 6.07) is 1.76. The van der Waals surface area contributed by atoms with Crippen LogP contribution < -0.4 is 16.0 Å². The molecule has 122 valence electrons. The average molecular weight is 314 g/mol. The lowest BCUT2D eigenvalue weighted by Crippen LogP contribution is -2.40. The molecule has 1 atom stereocenters. The molecular formula is C16H22N6O. The Morgan fingerprint density at radius 3 is 3.17 bits per heavy atom. The van der Waals surface area contributed by atoms with E-state index in [9.17, 15) is 4.79 Å². The molecule has 2 fully saturated rings. The van der Waals surface area contributed by atoms with Gasteiger partial charge in [-0.25, -0.2) is 9.50 Å². The SMILES string of the molecule is O=C(NCc1cnn2cccnc12)C1CC2(CCNCC2)CN1. The summed E-state index contributed by atoms with van der Waals surface area (Å²) >= 11 is 0. The Morgan fingerprint density at radius 2 is 2.30 bits per heavy atom. The highest BCUT2D eigenvalue weighted by Crippen LogP contribution is 2.37. The zero-order chi connectivity index (χ0) is 15.7. The molecule has 2 aromatic heterocycles. The van der Waals surface area contributed by atoms with Crippen molar-refractivity contribution in [1.82, 2.24) is 30.5 Å². The number of amides is 1. The summed E-state index contributed by atoms with van der Waals surface area (Å²) in [5, 5.41) is 14.1. The number of rotatable bonds is 3. The summed E-state index contributed by atoms with van der Waals surface area (Å²) in [6.07, 6.45) is 8.60. The molecule has 23 heavy (non-hydrogen) atoms. The van der Waals surface area contributed by atoms with Crippen LogP contribution in [0.25, 0.3) is 5.65 Å². The summed E-state index contributed by atoms with van der Waals surface area (Å²) in [6.45, 7) is 3.53. The molecule has 3 N–H and O–H groups in total. The summed E-state index contributed by atoms with van der Waals surface area (Å²) in [7, 11) is 0. The Morgan fingerprint density at radius 1 is 1.43 bits per heavy atom. The molecule has 2 aliphatic rings. The largest absolute Gasteiger partial charge is 0.350 e. The van der Waals surface area contributed by atoms with Gasteiger partial charge in [-0.3, -0.25) is 4.79 Å². The van der Waals surface area contributed by atoms with E-state index in [1.165, 1.54) is 0 Å². The molecule has 4 heterocycles. The lowest BCUT2D eigenvalue weighted by atomic mass is 9.77. The molecule has 2 saturated heterocycles. The van der Waals surface area contributed by atoms with Crippen LogP contribution in [0.4, 0.5) is 0 Å². The van der Waals surface area contributed by atoms with Gasteiger partial charge in [-0.05, 0) is 43.8 Å². The highest BCUT2D eigenvalue weighted by molar-refractivity contribution is 5.82. The van der Waals surface area contributed by atoms with E-state index in [-0.39, 0.29) is 11.9 Å². The molecule has 0 aliphatic carbocycles. The molecule has 1 spiro atoms. The second kappa shape index (κ2) is 5.90. The maximum atomic E-state index is 12.5. The van der Waals surface area contributed by atoms with Gasteiger partial charge in [-0.15, -0.1) is 0 Å². The first-order chi connectivity index (χ1) is 11.3. The van der Waals surface area contributed by atoms with Crippen LogP contribution in [0.15, 0.2) is 24.7 Å². The van der Waals surface area contributed by atoms with Gasteiger partial charge in [0.05, 0.1) is 12.2 Å². The Kier molecular flexibility index (Phi) is 3.74. The molecule has 4 rings (SSSR count). The normalized spacial score (nSPS) is 23.4. The Bertz CT molecular complexity index is 705. The number of hydrogen-bond acceptors (Lipinski definition) is 5. The van der Waals surface area contributed by atoms with Gasteiger partial charge in [0.2, 0.25) is 5.91 Å². The number of piperidine rings is 1. The van der Waals surface area contributed by atoms with Crippen LogP contribution in [0.1, 0.15) is 24.8 Å². The lowest BCUT2D eigenvalue weighted by Gasteiger charge is -2.33. The number of aromatic nitrogens is 3. The van der Waals surface area contributed by atoms with Gasteiger partial charge in [0.1, 0.15) is 0 Å². The zero-order valence-electron chi connectivity index (χ0n) is 13.1. The van der Waals surface area contributed by atoms with Crippen molar-refractivity contribution < 1.29 is 4.79 Å². The molecule has 1 unspecified atom stereocenters. The standard InChI is InChI=1S/C16H22N6O/c23-15(13-8-16(11-20-13)2-5-17-6-3-16)19-9-12-10-21-22-7-1-4-18-14(12)22/h1,4,7,10,13,17,20H,2-3,5-6,8-9,11H2,(H,19,23). The average Bonchev–Trinajstić information content (AvgIpc) is 3.18. The van der Waals surface area contributed by atoms with Crippen LogP contribution in [-0.2, 0) is 11.3 Å². The fraction of sp³-hybridized carbons (Fsp3) is 0.562. The number of carbonyl (C=O) groups is 1. The van der Waals surface area contributed by atoms with Crippen molar-refractivity contribution in [1.29, 1.82) is 0 Å². The monoisotopic (exact) mass is 314 g/mol. The first kappa shape index (κ1) is 14.6. The van der Waals surface area contributed by atoms with Gasteiger partial charge in [0, 0.05) is 31.0 Å². The number of nitrogens with zero attached hydrogens (tertiary/aromatic N) is 3. The minimum absolute atomic E-state index is 0.0793. The van der Waals surface area contributed by atoms with Gasteiger partial charge < -0.3 is 16.0 Å². The van der Waals surface area contributed by atoms with Crippen LogP contribution in [0.2, 0.25) is 0 Å². The Labute approximate surface area is 134 Å². The maximum absolute atomic E-state index is 12.5. The summed E-state index contributed by atoms with van der Waals surface area (Å²) in [5.41, 5.74) is 2.04. The second-order valence-corrected chi connectivity index (χ2v) is 6.66. The van der Waals surface area contributed by atoms with Crippen molar-refractivity contribution in [2.24, 2.45) is 5.41 Å². The molecule has 0 aromatic carbocycles. The summed E-state index contributed by atoms with van der Waals surface area (Å²) in [4.78, 5) is 16.8. The van der Waals surface area contributed by atoms with E-state index in [0.29, 0.717) is 12.0 Å². The molecule has 0 bridgehead atoms. The van der Waals surface area contributed by atoms with Crippen molar-refractivity contribution in [3.05, 3.63) is 30.2 Å². The van der Waals surface area contributed by atoms with E-state index in [1.807, 2.05) is 12.3 Å². The highest BCUT2D eigenvalue weighted by Gasteiger charge is 2.41. The zero-order valence-corrected chi connectivity index (χ0v) is 13.1. The second-order valence-electron chi connectivity index (χ2n) is 6.66. The Hall–Kier alpha value is -1.99. The fourth-order valence-corrected chi connectivity index (χ4v) is 3.75. The highest BCUT2D eigenvalue weighted by atomic mass is 16.2. The van der Waals surface area contributed by atoms with Gasteiger partial charge in [0.15, 0.2) is 5.65 Å². The molecule has 1 amide bonds. The first-order valence-electron chi connectivity index (χ1n) is 8.25. The predicted octanol–water partition coefficient (Wildman–Crippen LogP) is 0.0772. The molecule has 7 heteroatoms. The van der Waals surface area contributed by atoms with Crippen LogP contribution in [-0.4, -0.2) is 46.2 Å². The van der Waals surface area contributed by atoms with Crippen LogP contribution >= 0.6 is 0 Å². The van der Waals surface area contributed by atoms with Gasteiger partial charge in [0.25, 0.3) is 0 Å². The quantitative estimate of drug-likeness (QED) is 0.747. The Balaban J connectivity index is 1.37. The van der Waals surface area contributed by atoms with Crippen LogP contribution in [0.3, 0.4) is 0 Å². The van der Waals surface area contributed by atoms with Gasteiger partial charge >= 0.3 is 0 Å². The van der Waals surface area contributed by atoms with Crippen molar-refractivity contribution in [2.45, 2.75) is 31.8 Å². The third-order valence-electron chi connectivity index (χ3n) is 5.15. The topological polar surface area (TPSA) is 83.4 Å². The predicted molar refractivity (Wildman–Crippen MR) is 85.8 cm³/mol. The fourth-order valence-electron chi connectivity index (χ4n) is 3.75. The number of nitrogens with one attached hydrogen (secondary N) is 3. The van der Waals surface area contributed by atoms with Crippen LogP contribution in [0.5, 0.6) is 0 Å². The minimum Gasteiger partial charge on any atom is -0.350 e. The number of hydrogen-bond donors (Lipinski definition) is 3. The molecular weight excluding hydrogens is 292 g/mol. The van der Waals surface area contributed by atoms with E-state index < -0.39 is 0 Å². The summed E-state index contributed by atoms with van der Waals surface area (Å²) < 4.78 is 1.72. The van der Waals surface area contributed by atoms with Crippen molar-refractivity contribution in [2.75, 3.05) is 19.6 Å². The molecule has 7 nitrogen and oxygen atoms in total. The van der Waals surface area contributed by atoms with Crippen LogP contribution in [0, 0.1) is 5.41 Å². The summed E-state index contributed by atoms with van der Waals surface area (Å²) in [5.74, 6) is 0.0793. The van der Waals surface area contributed by atoms with E-state index >= 15 is 0 Å². The van der Waals surface area contributed by atoms with Gasteiger partial charge in [-0.2, -0.15) is 5.10 Å². The number of fused-ring (bicyclic) bond motifs is 1. The van der Waals surface area contributed by atoms with E-state index in [2.05, 4.69) is 26.0 Å². The van der Waals surface area contributed by atoms with Crippen molar-refractivity contribution in [3.63, 3.8) is 0 Å². The third kappa shape index (κ3) is 2.82. The molecule has 0 radical (unpaired) electrons. The van der Waals surface area contributed by atoms with Crippen molar-refractivity contribution in [3.8, 4) is 0 Å². The van der Waals surface area contributed by atoms with E-state index in [4.69, 9.17) is 0 Å². The van der Waals surface area contributed by atoms with Crippen molar-refractivity contribution >= 4 is 11.6 Å². The molecule has 2 aliphatic heterocycles. The molecule has 0 saturated carbocycles.